The van der Waals surface area contributed by atoms with E-state index in [0.29, 0.717) is 36.0 Å². The van der Waals surface area contributed by atoms with Crippen LogP contribution in [-0.4, -0.2) is 52.7 Å². The van der Waals surface area contributed by atoms with Crippen molar-refractivity contribution in [3.63, 3.8) is 0 Å². The van der Waals surface area contributed by atoms with Crippen LogP contribution in [0, 0.1) is 23.8 Å². The largest absolute Gasteiger partial charge is 0.377 e. The average molecular weight is 377 g/mol. The zero-order valence-electron chi connectivity index (χ0n) is 16.2. The highest BCUT2D eigenvalue weighted by atomic mass is 16.5. The maximum Gasteiger partial charge on any atom is 0.286 e. The molecule has 0 aliphatic carbocycles. The summed E-state index contributed by atoms with van der Waals surface area (Å²) in [5.41, 5.74) is 0.413. The summed E-state index contributed by atoms with van der Waals surface area (Å²) < 4.78 is 5.54. The lowest BCUT2D eigenvalue weighted by atomic mass is 10.0. The summed E-state index contributed by atoms with van der Waals surface area (Å²) in [5, 5.41) is 17.9. The second kappa shape index (κ2) is 8.12. The van der Waals surface area contributed by atoms with E-state index in [9.17, 15) is 0 Å². The Labute approximate surface area is 164 Å². The van der Waals surface area contributed by atoms with Crippen molar-refractivity contribution in [3.05, 3.63) is 40.9 Å². The van der Waals surface area contributed by atoms with Crippen molar-refractivity contribution in [3.8, 4) is 11.8 Å². The lowest BCUT2D eigenvalue weighted by molar-refractivity contribution is 0.0985. The molecule has 8 heteroatoms. The number of hydrogen-bond donors (Lipinski definition) is 3. The normalized spacial score (nSPS) is 16.6. The molecule has 1 atom stereocenters. The molecule has 0 bridgehead atoms. The summed E-state index contributed by atoms with van der Waals surface area (Å²) in [7, 11) is 0. The standard InChI is InChI=1S/C20H23N7O/c1-14-13-28-10-9-27(14)18-11-15(5-7-20(2,3)22-4)16(12-21)19(25-18)24-17-6-8-23-26-17/h6,8,11-12,14,21H,9-10,13H2,1-3H3,(H2,23,24,25,26)/t14-/m1/s1. The van der Waals surface area contributed by atoms with Crippen molar-refractivity contribution in [1.82, 2.24) is 15.2 Å². The van der Waals surface area contributed by atoms with E-state index in [4.69, 9.17) is 21.7 Å². The van der Waals surface area contributed by atoms with E-state index in [1.165, 1.54) is 6.21 Å². The van der Waals surface area contributed by atoms with Gasteiger partial charge in [-0.2, -0.15) is 5.10 Å². The van der Waals surface area contributed by atoms with Crippen molar-refractivity contribution < 1.29 is 4.74 Å². The summed E-state index contributed by atoms with van der Waals surface area (Å²) in [5.74, 6) is 8.03. The first-order valence-corrected chi connectivity index (χ1v) is 9.01. The van der Waals surface area contributed by atoms with Crippen molar-refractivity contribution in [1.29, 1.82) is 5.41 Å². The molecule has 0 unspecified atom stereocenters. The van der Waals surface area contributed by atoms with Gasteiger partial charge in [-0.05, 0) is 18.9 Å². The first kappa shape index (κ1) is 19.4. The van der Waals surface area contributed by atoms with Gasteiger partial charge >= 0.3 is 0 Å². The van der Waals surface area contributed by atoms with E-state index in [1.807, 2.05) is 6.07 Å². The van der Waals surface area contributed by atoms with Crippen LogP contribution in [0.3, 0.4) is 0 Å². The topological polar surface area (TPSA) is 94.3 Å². The maximum atomic E-state index is 7.90. The molecule has 0 aromatic carbocycles. The third kappa shape index (κ3) is 4.30. The fourth-order valence-electron chi connectivity index (χ4n) is 2.80. The van der Waals surface area contributed by atoms with Crippen LogP contribution in [0.15, 0.2) is 18.3 Å². The molecule has 8 nitrogen and oxygen atoms in total. The van der Waals surface area contributed by atoms with Gasteiger partial charge in [0.05, 0.1) is 31.0 Å². The Balaban J connectivity index is 2.11. The van der Waals surface area contributed by atoms with Gasteiger partial charge in [0.15, 0.2) is 0 Å². The minimum Gasteiger partial charge on any atom is -0.377 e. The Bertz CT molecular complexity index is 947. The van der Waals surface area contributed by atoms with Crippen molar-refractivity contribution >= 4 is 23.7 Å². The fourth-order valence-corrected chi connectivity index (χ4v) is 2.80. The van der Waals surface area contributed by atoms with Crippen molar-refractivity contribution in [2.75, 3.05) is 30.0 Å². The molecule has 2 aromatic heterocycles. The van der Waals surface area contributed by atoms with Crippen LogP contribution in [0.1, 0.15) is 31.9 Å². The van der Waals surface area contributed by atoms with Gasteiger partial charge in [0.2, 0.25) is 0 Å². The first-order chi connectivity index (χ1) is 13.4. The number of pyridine rings is 1. The summed E-state index contributed by atoms with van der Waals surface area (Å²) >= 11 is 0. The molecule has 1 aliphatic heterocycles. The Kier molecular flexibility index (Phi) is 5.62. The fraction of sp³-hybridized carbons (Fsp3) is 0.400. The molecule has 1 aliphatic rings. The quantitative estimate of drug-likeness (QED) is 0.433. The Morgan fingerprint density at radius 2 is 2.36 bits per heavy atom. The Morgan fingerprint density at radius 3 is 3.00 bits per heavy atom. The number of nitrogens with zero attached hydrogens (tertiary/aromatic N) is 4. The van der Waals surface area contributed by atoms with Crippen LogP contribution >= 0.6 is 0 Å². The molecular formula is C20H23N7O. The highest BCUT2D eigenvalue weighted by Crippen LogP contribution is 2.27. The first-order valence-electron chi connectivity index (χ1n) is 9.01. The Hall–Kier alpha value is -3.36. The Morgan fingerprint density at radius 1 is 1.54 bits per heavy atom. The second-order valence-electron chi connectivity index (χ2n) is 7.07. The van der Waals surface area contributed by atoms with Crippen LogP contribution in [0.25, 0.3) is 4.85 Å². The van der Waals surface area contributed by atoms with Crippen LogP contribution in [0.4, 0.5) is 17.5 Å². The SMILES string of the molecule is [C-]#[N+]C(C)(C)C#Cc1cc(N2CCOC[C@H]2C)nc(Nc2ccn[nH]2)c1C=N. The minimum absolute atomic E-state index is 0.174. The van der Waals surface area contributed by atoms with E-state index in [1.54, 1.807) is 26.1 Å². The second-order valence-corrected chi connectivity index (χ2v) is 7.07. The monoisotopic (exact) mass is 377 g/mol. The molecule has 0 saturated carbocycles. The van der Waals surface area contributed by atoms with Crippen molar-refractivity contribution in [2.45, 2.75) is 32.4 Å². The van der Waals surface area contributed by atoms with E-state index in [-0.39, 0.29) is 6.04 Å². The number of anilines is 3. The van der Waals surface area contributed by atoms with Gasteiger partial charge in [0, 0.05) is 38.2 Å². The number of ether oxygens (including phenoxy) is 1. The number of aromatic amines is 1. The number of nitrogens with one attached hydrogen (secondary N) is 3. The van der Waals surface area contributed by atoms with Gasteiger partial charge in [0.1, 0.15) is 17.5 Å². The maximum absolute atomic E-state index is 7.90. The highest BCUT2D eigenvalue weighted by Gasteiger charge is 2.23. The predicted octanol–water partition coefficient (Wildman–Crippen LogP) is 2.82. The van der Waals surface area contributed by atoms with E-state index < -0.39 is 5.54 Å². The molecular weight excluding hydrogens is 354 g/mol. The number of aromatic nitrogens is 3. The zero-order valence-corrected chi connectivity index (χ0v) is 16.2. The molecule has 2 aromatic rings. The molecule has 1 fully saturated rings. The van der Waals surface area contributed by atoms with Crippen molar-refractivity contribution in [2.24, 2.45) is 0 Å². The molecule has 0 radical (unpaired) electrons. The molecule has 144 valence electrons. The summed E-state index contributed by atoms with van der Waals surface area (Å²) in [4.78, 5) is 10.5. The summed E-state index contributed by atoms with van der Waals surface area (Å²) in [6, 6.07) is 3.84. The molecule has 28 heavy (non-hydrogen) atoms. The molecule has 3 heterocycles. The van der Waals surface area contributed by atoms with E-state index in [2.05, 4.69) is 44.0 Å². The number of H-pyrrole nitrogens is 1. The molecule has 3 rings (SSSR count). The third-order valence-corrected chi connectivity index (χ3v) is 4.39. The summed E-state index contributed by atoms with van der Waals surface area (Å²) in [6.45, 7) is 14.9. The molecule has 0 amide bonds. The van der Waals surface area contributed by atoms with Crippen LogP contribution < -0.4 is 10.2 Å². The van der Waals surface area contributed by atoms with Gasteiger partial charge in [0.25, 0.3) is 5.54 Å². The zero-order chi connectivity index (χ0) is 20.1. The lowest BCUT2D eigenvalue weighted by Crippen LogP contribution is -2.44. The van der Waals surface area contributed by atoms with Crippen LogP contribution in [0.5, 0.6) is 0 Å². The highest BCUT2D eigenvalue weighted by molar-refractivity contribution is 5.90. The van der Waals surface area contributed by atoms with E-state index in [0.717, 1.165) is 12.4 Å². The van der Waals surface area contributed by atoms with Gasteiger partial charge in [-0.3, -0.25) is 9.94 Å². The van der Waals surface area contributed by atoms with Gasteiger partial charge in [-0.15, -0.1) is 0 Å². The van der Waals surface area contributed by atoms with E-state index >= 15 is 0 Å². The third-order valence-electron chi connectivity index (χ3n) is 4.39. The predicted molar refractivity (Wildman–Crippen MR) is 109 cm³/mol. The number of rotatable bonds is 4. The number of hydrogen-bond acceptors (Lipinski definition) is 6. The molecule has 3 N–H and O–H groups in total. The minimum atomic E-state index is -0.800. The molecule has 0 spiro atoms. The smallest absolute Gasteiger partial charge is 0.286 e. The van der Waals surface area contributed by atoms with Crippen LogP contribution in [-0.2, 0) is 4.74 Å². The van der Waals surface area contributed by atoms with Gasteiger partial charge in [-0.25, -0.2) is 11.6 Å². The van der Waals surface area contributed by atoms with Gasteiger partial charge in [-0.1, -0.05) is 5.92 Å². The number of morpholine rings is 1. The lowest BCUT2D eigenvalue weighted by Gasteiger charge is -2.34. The average Bonchev–Trinajstić information content (AvgIpc) is 3.19. The van der Waals surface area contributed by atoms with Gasteiger partial charge < -0.3 is 20.4 Å². The summed E-state index contributed by atoms with van der Waals surface area (Å²) in [6.07, 6.45) is 2.87. The molecule has 1 saturated heterocycles. The van der Waals surface area contributed by atoms with Crippen LogP contribution in [0.2, 0.25) is 0 Å².